The van der Waals surface area contributed by atoms with E-state index in [0.29, 0.717) is 0 Å². The van der Waals surface area contributed by atoms with E-state index in [-0.39, 0.29) is 5.92 Å². The first-order chi connectivity index (χ1) is 15.5. The molecule has 1 N–H and O–H groups in total. The number of fused-ring (bicyclic) bond motifs is 1. The first-order valence-corrected chi connectivity index (χ1v) is 10.8. The van der Waals surface area contributed by atoms with Gasteiger partial charge in [0.25, 0.3) is 0 Å². The van der Waals surface area contributed by atoms with Gasteiger partial charge in [0, 0.05) is 23.1 Å². The van der Waals surface area contributed by atoms with Crippen LogP contribution in [0.5, 0.6) is 5.75 Å². The minimum atomic E-state index is 0.247. The molecule has 160 valence electrons. The highest BCUT2D eigenvalue weighted by Crippen LogP contribution is 2.36. The van der Waals surface area contributed by atoms with Gasteiger partial charge < -0.3 is 9.30 Å². The quantitative estimate of drug-likeness (QED) is 0.367. The molecule has 1 unspecified atom stereocenters. The summed E-state index contributed by atoms with van der Waals surface area (Å²) in [6.45, 7) is 6.32. The van der Waals surface area contributed by atoms with Crippen LogP contribution in [-0.4, -0.2) is 26.9 Å². The van der Waals surface area contributed by atoms with Gasteiger partial charge in [-0.1, -0.05) is 61.0 Å². The molecular weight excluding hydrogens is 396 g/mol. The molecule has 0 saturated carbocycles. The summed E-state index contributed by atoms with van der Waals surface area (Å²) >= 11 is 0. The number of ether oxygens (including phenoxy) is 1. The highest BCUT2D eigenvalue weighted by molar-refractivity contribution is 5.95. The Bertz CT molecular complexity index is 1400. The van der Waals surface area contributed by atoms with Crippen LogP contribution in [0.15, 0.2) is 73.2 Å². The molecular formula is C27H26N4O. The lowest BCUT2D eigenvalue weighted by molar-refractivity contribution is 0.413. The zero-order valence-corrected chi connectivity index (χ0v) is 18.8. The normalized spacial score (nSPS) is 12.2. The first-order valence-electron chi connectivity index (χ1n) is 10.8. The summed E-state index contributed by atoms with van der Waals surface area (Å²) in [6, 6.07) is 21.3. The number of imidazole rings is 1. The number of aromatic nitrogens is 4. The number of aryl methyl sites for hydroxylation is 2. The van der Waals surface area contributed by atoms with Crippen LogP contribution in [0.1, 0.15) is 35.2 Å². The molecule has 0 fully saturated rings. The molecule has 0 aliphatic heterocycles. The number of benzene rings is 3. The van der Waals surface area contributed by atoms with E-state index in [1.54, 1.807) is 13.4 Å². The molecule has 0 aliphatic carbocycles. The van der Waals surface area contributed by atoms with Gasteiger partial charge >= 0.3 is 0 Å². The molecule has 0 saturated heterocycles. The largest absolute Gasteiger partial charge is 0.495 e. The molecule has 0 aliphatic rings. The Morgan fingerprint density at radius 1 is 1.00 bits per heavy atom. The summed E-state index contributed by atoms with van der Waals surface area (Å²) in [7, 11) is 1.69. The fraction of sp³-hybridized carbons (Fsp3) is 0.185. The maximum atomic E-state index is 5.71. The van der Waals surface area contributed by atoms with E-state index in [0.717, 1.165) is 39.3 Å². The molecule has 5 rings (SSSR count). The summed E-state index contributed by atoms with van der Waals surface area (Å²) in [5.74, 6) is 1.03. The van der Waals surface area contributed by atoms with Crippen molar-refractivity contribution < 1.29 is 4.74 Å². The van der Waals surface area contributed by atoms with Gasteiger partial charge in [-0.15, -0.1) is 0 Å². The van der Waals surface area contributed by atoms with E-state index >= 15 is 0 Å². The Morgan fingerprint density at radius 3 is 2.53 bits per heavy atom. The number of hydrogen-bond acceptors (Lipinski definition) is 3. The highest BCUT2D eigenvalue weighted by atomic mass is 16.5. The van der Waals surface area contributed by atoms with Gasteiger partial charge in [-0.05, 0) is 37.1 Å². The Kier molecular flexibility index (Phi) is 5.02. The van der Waals surface area contributed by atoms with Crippen LogP contribution in [0, 0.1) is 13.8 Å². The summed E-state index contributed by atoms with van der Waals surface area (Å²) in [6.07, 6.45) is 3.79. The van der Waals surface area contributed by atoms with Crippen molar-refractivity contribution in [3.63, 3.8) is 0 Å². The average Bonchev–Trinajstić information content (AvgIpc) is 3.45. The Hall–Kier alpha value is -3.86. The van der Waals surface area contributed by atoms with Crippen molar-refractivity contribution in [3.8, 4) is 22.7 Å². The third-order valence-corrected chi connectivity index (χ3v) is 6.12. The van der Waals surface area contributed by atoms with E-state index in [9.17, 15) is 0 Å². The zero-order chi connectivity index (χ0) is 22.2. The molecule has 2 aromatic heterocycles. The van der Waals surface area contributed by atoms with Crippen LogP contribution in [0.4, 0.5) is 0 Å². The number of rotatable bonds is 5. The van der Waals surface area contributed by atoms with Gasteiger partial charge in [-0.2, -0.15) is 5.10 Å². The second kappa shape index (κ2) is 8.00. The van der Waals surface area contributed by atoms with Crippen LogP contribution in [0.2, 0.25) is 0 Å². The number of nitrogens with zero attached hydrogens (tertiary/aromatic N) is 3. The fourth-order valence-electron chi connectivity index (χ4n) is 4.26. The Balaban J connectivity index is 1.57. The number of H-pyrrole nitrogens is 1. The molecule has 1 atom stereocenters. The monoisotopic (exact) mass is 422 g/mol. The summed E-state index contributed by atoms with van der Waals surface area (Å²) in [4.78, 5) is 4.33. The van der Waals surface area contributed by atoms with Crippen LogP contribution in [0.3, 0.4) is 0 Å². The lowest BCUT2D eigenvalue weighted by Crippen LogP contribution is -1.97. The molecule has 2 heterocycles. The van der Waals surface area contributed by atoms with Gasteiger partial charge in [0.15, 0.2) is 0 Å². The van der Waals surface area contributed by atoms with Crippen LogP contribution < -0.4 is 4.74 Å². The summed E-state index contributed by atoms with van der Waals surface area (Å²) < 4.78 is 7.68. The predicted octanol–water partition coefficient (Wildman–Crippen LogP) is 6.19. The zero-order valence-electron chi connectivity index (χ0n) is 18.8. The van der Waals surface area contributed by atoms with Crippen molar-refractivity contribution in [2.24, 2.45) is 0 Å². The smallest absolute Gasteiger partial charge is 0.143 e. The molecule has 0 radical (unpaired) electrons. The first kappa shape index (κ1) is 20.1. The van der Waals surface area contributed by atoms with Crippen LogP contribution >= 0.6 is 0 Å². The van der Waals surface area contributed by atoms with Gasteiger partial charge in [-0.25, -0.2) is 4.98 Å². The predicted molar refractivity (Wildman–Crippen MR) is 129 cm³/mol. The molecule has 5 heteroatoms. The summed E-state index contributed by atoms with van der Waals surface area (Å²) in [5.41, 5.74) is 8.71. The van der Waals surface area contributed by atoms with Gasteiger partial charge in [0.2, 0.25) is 0 Å². The third-order valence-electron chi connectivity index (χ3n) is 6.12. The molecule has 32 heavy (non-hydrogen) atoms. The maximum absolute atomic E-state index is 5.71. The molecule has 3 aromatic carbocycles. The van der Waals surface area contributed by atoms with Crippen molar-refractivity contribution in [1.29, 1.82) is 0 Å². The van der Waals surface area contributed by atoms with Crippen LogP contribution in [-0.2, 0) is 0 Å². The number of methoxy groups -OCH3 is 1. The lowest BCUT2D eigenvalue weighted by Gasteiger charge is -2.14. The molecule has 0 amide bonds. The van der Waals surface area contributed by atoms with Crippen molar-refractivity contribution >= 4 is 10.9 Å². The van der Waals surface area contributed by atoms with Crippen LogP contribution in [0.25, 0.3) is 27.8 Å². The lowest BCUT2D eigenvalue weighted by atomic mass is 9.90. The van der Waals surface area contributed by atoms with E-state index in [1.165, 1.54) is 16.7 Å². The minimum Gasteiger partial charge on any atom is -0.495 e. The summed E-state index contributed by atoms with van der Waals surface area (Å²) in [5, 5.41) is 9.10. The Morgan fingerprint density at radius 2 is 1.81 bits per heavy atom. The maximum Gasteiger partial charge on any atom is 0.143 e. The van der Waals surface area contributed by atoms with Gasteiger partial charge in [-0.3, -0.25) is 5.10 Å². The molecule has 0 spiro atoms. The van der Waals surface area contributed by atoms with Crippen molar-refractivity contribution in [1.82, 2.24) is 19.7 Å². The van der Waals surface area contributed by atoms with E-state index in [4.69, 9.17) is 9.84 Å². The molecule has 0 bridgehead atoms. The molecule has 5 aromatic rings. The van der Waals surface area contributed by atoms with E-state index < -0.39 is 0 Å². The van der Waals surface area contributed by atoms with E-state index in [1.807, 2.05) is 23.8 Å². The van der Waals surface area contributed by atoms with Gasteiger partial charge in [0.1, 0.15) is 5.75 Å². The fourth-order valence-corrected chi connectivity index (χ4v) is 4.26. The van der Waals surface area contributed by atoms with Crippen molar-refractivity contribution in [2.75, 3.05) is 7.11 Å². The second-order valence-corrected chi connectivity index (χ2v) is 8.28. The SMILES string of the molecule is COc1cc(-c2[nH]nc3c(C(C)c4ccc(C)cc4)cccc23)ccc1-n1cnc(C)c1. The highest BCUT2D eigenvalue weighted by Gasteiger charge is 2.17. The number of hydrogen-bond donors (Lipinski definition) is 1. The topological polar surface area (TPSA) is 55.7 Å². The Labute approximate surface area is 187 Å². The number of nitrogens with one attached hydrogen (secondary N) is 1. The average molecular weight is 423 g/mol. The third kappa shape index (κ3) is 3.46. The second-order valence-electron chi connectivity index (χ2n) is 8.28. The van der Waals surface area contributed by atoms with Gasteiger partial charge in [0.05, 0.1) is 36.0 Å². The number of aromatic amines is 1. The van der Waals surface area contributed by atoms with E-state index in [2.05, 4.69) is 78.5 Å². The standard InChI is InChI=1S/C27H26N4O/c1-17-8-10-20(11-9-17)19(3)22-6-5-7-23-26(29-30-27(22)23)21-12-13-24(25(14-21)32-4)31-15-18(2)28-16-31/h5-16,19H,1-4H3,(H,29,30). The van der Waals surface area contributed by atoms with Crippen molar-refractivity contribution in [3.05, 3.63) is 95.6 Å². The number of para-hydroxylation sites is 1. The van der Waals surface area contributed by atoms with Crippen molar-refractivity contribution in [2.45, 2.75) is 26.7 Å². The minimum absolute atomic E-state index is 0.247. The molecule has 5 nitrogen and oxygen atoms in total.